The first-order valence-corrected chi connectivity index (χ1v) is 9.46. The second-order valence-corrected chi connectivity index (χ2v) is 9.32. The summed E-state index contributed by atoms with van der Waals surface area (Å²) < 4.78 is 15.7. The van der Waals surface area contributed by atoms with Crippen LogP contribution in [0.25, 0.3) is 0 Å². The summed E-state index contributed by atoms with van der Waals surface area (Å²) >= 11 is 0. The fourth-order valence-electron chi connectivity index (χ4n) is 1.77. The number of alkyl carbamates (subject to hydrolysis) is 1. The number of ether oxygens (including phenoxy) is 3. The SMILES string of the molecule is CC(C)(C)OC(=O)N=C(NC(=O)OC(C)(C)C)N(CCCN)C(=O)OC(C)(C)C. The number of aliphatic imine (C=N–C) groups is 1. The second-order valence-electron chi connectivity index (χ2n) is 9.32. The highest BCUT2D eigenvalue weighted by Gasteiger charge is 2.29. The number of hydrogen-bond donors (Lipinski definition) is 2. The van der Waals surface area contributed by atoms with E-state index in [1.807, 2.05) is 0 Å². The number of nitrogens with zero attached hydrogens (tertiary/aromatic N) is 2. The Kier molecular flexibility index (Phi) is 9.58. The number of nitrogens with two attached hydrogens (primary N) is 1. The maximum atomic E-state index is 12.7. The van der Waals surface area contributed by atoms with Crippen LogP contribution in [-0.2, 0) is 14.2 Å². The summed E-state index contributed by atoms with van der Waals surface area (Å²) in [4.78, 5) is 41.9. The van der Waals surface area contributed by atoms with Crippen LogP contribution in [-0.4, -0.2) is 59.0 Å². The van der Waals surface area contributed by atoms with Crippen molar-refractivity contribution >= 4 is 24.2 Å². The molecule has 168 valence electrons. The predicted molar refractivity (Wildman–Crippen MR) is 110 cm³/mol. The Labute approximate surface area is 173 Å². The molecule has 0 unspecified atom stereocenters. The highest BCUT2D eigenvalue weighted by molar-refractivity contribution is 6.04. The summed E-state index contributed by atoms with van der Waals surface area (Å²) in [5.74, 6) is -0.365. The van der Waals surface area contributed by atoms with Crippen molar-refractivity contribution in [2.24, 2.45) is 10.7 Å². The van der Waals surface area contributed by atoms with Crippen molar-refractivity contribution in [1.82, 2.24) is 10.2 Å². The molecule has 29 heavy (non-hydrogen) atoms. The van der Waals surface area contributed by atoms with Crippen molar-refractivity contribution in [3.63, 3.8) is 0 Å². The number of nitrogens with one attached hydrogen (secondary N) is 1. The van der Waals surface area contributed by atoms with E-state index < -0.39 is 35.1 Å². The Morgan fingerprint density at radius 3 is 1.76 bits per heavy atom. The highest BCUT2D eigenvalue weighted by Crippen LogP contribution is 2.13. The first-order valence-electron chi connectivity index (χ1n) is 9.46. The minimum Gasteiger partial charge on any atom is -0.444 e. The lowest BCUT2D eigenvalue weighted by Crippen LogP contribution is -2.51. The summed E-state index contributed by atoms with van der Waals surface area (Å²) in [6.07, 6.45) is -2.29. The Morgan fingerprint density at radius 2 is 1.34 bits per heavy atom. The van der Waals surface area contributed by atoms with Gasteiger partial charge < -0.3 is 19.9 Å². The van der Waals surface area contributed by atoms with Crippen LogP contribution in [0.1, 0.15) is 68.7 Å². The largest absolute Gasteiger partial charge is 0.444 e. The molecule has 0 aromatic rings. The van der Waals surface area contributed by atoms with E-state index in [1.165, 1.54) is 0 Å². The van der Waals surface area contributed by atoms with Gasteiger partial charge in [-0.25, -0.2) is 19.3 Å². The number of carbonyl (C=O) groups excluding carboxylic acids is 3. The summed E-state index contributed by atoms with van der Waals surface area (Å²) in [6.45, 7) is 15.4. The quantitative estimate of drug-likeness (QED) is 0.409. The third-order valence-electron chi connectivity index (χ3n) is 2.66. The molecule has 0 atom stereocenters. The topological polar surface area (TPSA) is 133 Å². The molecule has 0 aliphatic heterocycles. The summed E-state index contributed by atoms with van der Waals surface area (Å²) in [5.41, 5.74) is 3.14. The number of amides is 3. The van der Waals surface area contributed by atoms with Crippen LogP contribution < -0.4 is 11.1 Å². The summed E-state index contributed by atoms with van der Waals surface area (Å²) in [6, 6.07) is 0. The van der Waals surface area contributed by atoms with Crippen LogP contribution in [0.5, 0.6) is 0 Å². The molecule has 10 heteroatoms. The van der Waals surface area contributed by atoms with Gasteiger partial charge in [-0.05, 0) is 75.3 Å². The van der Waals surface area contributed by atoms with Crippen molar-refractivity contribution in [3.8, 4) is 0 Å². The van der Waals surface area contributed by atoms with Crippen molar-refractivity contribution in [1.29, 1.82) is 0 Å². The lowest BCUT2D eigenvalue weighted by molar-refractivity contribution is 0.0356. The first-order chi connectivity index (χ1) is 12.9. The summed E-state index contributed by atoms with van der Waals surface area (Å²) in [7, 11) is 0. The number of hydrogen-bond acceptors (Lipinski definition) is 7. The highest BCUT2D eigenvalue weighted by atomic mass is 16.6. The van der Waals surface area contributed by atoms with E-state index in [0.717, 1.165) is 4.90 Å². The Bertz CT molecular complexity index is 612. The maximum Gasteiger partial charge on any atom is 0.437 e. The van der Waals surface area contributed by atoms with E-state index >= 15 is 0 Å². The standard InChI is InChI=1S/C19H36N4O6/c1-17(2,3)27-14(24)21-13(22-15(25)28-18(4,5)6)23(12-10-11-20)16(26)29-19(7,8)9/h10-12,20H2,1-9H3,(H,21,22,24,25). The third-order valence-corrected chi connectivity index (χ3v) is 2.66. The van der Waals surface area contributed by atoms with Crippen molar-refractivity contribution < 1.29 is 28.6 Å². The van der Waals surface area contributed by atoms with Gasteiger partial charge in [0.05, 0.1) is 0 Å². The van der Waals surface area contributed by atoms with Crippen LogP contribution in [0.3, 0.4) is 0 Å². The molecule has 0 saturated heterocycles. The van der Waals surface area contributed by atoms with Gasteiger partial charge in [-0.2, -0.15) is 0 Å². The van der Waals surface area contributed by atoms with E-state index in [-0.39, 0.29) is 19.0 Å². The molecule has 0 fully saturated rings. The van der Waals surface area contributed by atoms with Crippen LogP contribution in [0.15, 0.2) is 4.99 Å². The molecule has 3 N–H and O–H groups in total. The van der Waals surface area contributed by atoms with Gasteiger partial charge in [-0.3, -0.25) is 5.32 Å². The predicted octanol–water partition coefficient (Wildman–Crippen LogP) is 3.39. The molecule has 0 aliphatic rings. The number of guanidine groups is 1. The van der Waals surface area contributed by atoms with Crippen LogP contribution in [0.2, 0.25) is 0 Å². The van der Waals surface area contributed by atoms with Crippen LogP contribution in [0, 0.1) is 0 Å². The molecular weight excluding hydrogens is 380 g/mol. The van der Waals surface area contributed by atoms with Gasteiger partial charge in [-0.1, -0.05) is 0 Å². The average molecular weight is 417 g/mol. The molecule has 0 spiro atoms. The van der Waals surface area contributed by atoms with E-state index in [1.54, 1.807) is 62.3 Å². The zero-order chi connectivity index (χ0) is 23.0. The van der Waals surface area contributed by atoms with Gasteiger partial charge in [0, 0.05) is 6.54 Å². The van der Waals surface area contributed by atoms with Gasteiger partial charge in [-0.15, -0.1) is 4.99 Å². The third kappa shape index (κ3) is 13.4. The minimum absolute atomic E-state index is 0.0584. The van der Waals surface area contributed by atoms with E-state index in [4.69, 9.17) is 19.9 Å². The molecule has 10 nitrogen and oxygen atoms in total. The normalized spacial score (nSPS) is 12.8. The van der Waals surface area contributed by atoms with E-state index in [2.05, 4.69) is 10.3 Å². The average Bonchev–Trinajstić information content (AvgIpc) is 2.40. The molecule has 3 amide bonds. The van der Waals surface area contributed by atoms with Gasteiger partial charge in [0.1, 0.15) is 16.8 Å². The van der Waals surface area contributed by atoms with E-state index in [9.17, 15) is 14.4 Å². The smallest absolute Gasteiger partial charge is 0.437 e. The number of rotatable bonds is 3. The molecule has 0 aromatic heterocycles. The molecule has 0 aliphatic carbocycles. The molecule has 0 saturated carbocycles. The molecule has 0 radical (unpaired) electrons. The Hall–Kier alpha value is -2.36. The maximum absolute atomic E-state index is 12.7. The fraction of sp³-hybridized carbons (Fsp3) is 0.789. The van der Waals surface area contributed by atoms with Gasteiger partial charge in [0.25, 0.3) is 0 Å². The Morgan fingerprint density at radius 1 is 0.862 bits per heavy atom. The van der Waals surface area contributed by atoms with Crippen LogP contribution >= 0.6 is 0 Å². The Balaban J connectivity index is 5.90. The van der Waals surface area contributed by atoms with Gasteiger partial charge >= 0.3 is 18.3 Å². The zero-order valence-corrected chi connectivity index (χ0v) is 19.0. The molecular formula is C19H36N4O6. The molecule has 0 bridgehead atoms. The van der Waals surface area contributed by atoms with Crippen molar-refractivity contribution in [2.75, 3.05) is 13.1 Å². The number of carbonyl (C=O) groups is 3. The fourth-order valence-corrected chi connectivity index (χ4v) is 1.77. The molecule has 0 rings (SSSR count). The van der Waals surface area contributed by atoms with Gasteiger partial charge in [0.2, 0.25) is 5.96 Å². The molecule has 0 heterocycles. The lowest BCUT2D eigenvalue weighted by atomic mass is 10.2. The first kappa shape index (κ1) is 26.6. The lowest BCUT2D eigenvalue weighted by Gasteiger charge is -2.28. The van der Waals surface area contributed by atoms with Crippen molar-refractivity contribution in [2.45, 2.75) is 85.5 Å². The van der Waals surface area contributed by atoms with Gasteiger partial charge in [0.15, 0.2) is 0 Å². The van der Waals surface area contributed by atoms with Crippen molar-refractivity contribution in [3.05, 3.63) is 0 Å². The van der Waals surface area contributed by atoms with Crippen LogP contribution in [0.4, 0.5) is 14.4 Å². The molecule has 0 aromatic carbocycles. The zero-order valence-electron chi connectivity index (χ0n) is 19.0. The monoisotopic (exact) mass is 416 g/mol. The second kappa shape index (κ2) is 10.4. The van der Waals surface area contributed by atoms with E-state index in [0.29, 0.717) is 6.42 Å². The minimum atomic E-state index is -0.982. The summed E-state index contributed by atoms with van der Waals surface area (Å²) in [5, 5.41) is 2.34.